The molecule has 3 aromatic rings. The number of carbonyl (C=O) groups is 2. The smallest absolute Gasteiger partial charge is 0.416 e. The first-order valence-electron chi connectivity index (χ1n) is 11.8. The van der Waals surface area contributed by atoms with Crippen LogP contribution in [0, 0.1) is 5.82 Å². The van der Waals surface area contributed by atoms with E-state index in [0.717, 1.165) is 17.7 Å². The van der Waals surface area contributed by atoms with E-state index in [1.165, 1.54) is 35.2 Å². The van der Waals surface area contributed by atoms with Crippen molar-refractivity contribution in [2.75, 3.05) is 6.54 Å². The summed E-state index contributed by atoms with van der Waals surface area (Å²) in [7, 11) is 0. The second kappa shape index (κ2) is 10.6. The van der Waals surface area contributed by atoms with Gasteiger partial charge in [0.1, 0.15) is 17.2 Å². The fourth-order valence-electron chi connectivity index (χ4n) is 4.57. The van der Waals surface area contributed by atoms with E-state index in [4.69, 9.17) is 21.4 Å². The van der Waals surface area contributed by atoms with Gasteiger partial charge in [-0.3, -0.25) is 9.59 Å². The number of carboxylic acids is 1. The van der Waals surface area contributed by atoms with Crippen molar-refractivity contribution in [2.45, 2.75) is 44.5 Å². The second-order valence-corrected chi connectivity index (χ2v) is 9.95. The van der Waals surface area contributed by atoms with Gasteiger partial charge in [-0.25, -0.2) is 4.39 Å². The number of ether oxygens (including phenoxy) is 1. The highest BCUT2D eigenvalue weighted by molar-refractivity contribution is 6.30. The Morgan fingerprint density at radius 2 is 1.84 bits per heavy atom. The molecule has 0 bridgehead atoms. The summed E-state index contributed by atoms with van der Waals surface area (Å²) in [5.74, 6) is -1.62. The van der Waals surface area contributed by atoms with Crippen molar-refractivity contribution in [1.82, 2.24) is 4.90 Å². The van der Waals surface area contributed by atoms with Gasteiger partial charge in [0.2, 0.25) is 0 Å². The molecule has 10 heteroatoms. The van der Waals surface area contributed by atoms with Gasteiger partial charge in [0.15, 0.2) is 0 Å². The maximum atomic E-state index is 13.9. The number of aliphatic carboxylic acids is 1. The maximum absolute atomic E-state index is 13.9. The molecule has 4 rings (SSSR count). The lowest BCUT2D eigenvalue weighted by molar-refractivity contribution is -0.138. The highest BCUT2D eigenvalue weighted by atomic mass is 35.5. The molecule has 0 saturated heterocycles. The lowest BCUT2D eigenvalue weighted by Crippen LogP contribution is -2.33. The van der Waals surface area contributed by atoms with Crippen LogP contribution in [0.15, 0.2) is 60.7 Å². The van der Waals surface area contributed by atoms with Crippen LogP contribution in [0.2, 0.25) is 5.02 Å². The highest BCUT2D eigenvalue weighted by Crippen LogP contribution is 2.38. The average molecular weight is 550 g/mol. The normalized spacial score (nSPS) is 16.6. The van der Waals surface area contributed by atoms with Crippen LogP contribution >= 0.6 is 11.6 Å². The number of hydrogen-bond acceptors (Lipinski definition) is 3. The van der Waals surface area contributed by atoms with E-state index < -0.39 is 35.0 Å². The van der Waals surface area contributed by atoms with Crippen molar-refractivity contribution in [1.29, 1.82) is 0 Å². The minimum Gasteiger partial charge on any atom is -0.487 e. The molecule has 0 unspecified atom stereocenters. The van der Waals surface area contributed by atoms with Crippen LogP contribution in [0.5, 0.6) is 5.75 Å². The molecule has 1 N–H and O–H groups in total. The van der Waals surface area contributed by atoms with Crippen LogP contribution in [0.3, 0.4) is 0 Å². The minimum absolute atomic E-state index is 0.0234. The number of hydrogen-bond donors (Lipinski definition) is 1. The molecule has 1 amide bonds. The van der Waals surface area contributed by atoms with E-state index in [0.29, 0.717) is 24.2 Å². The van der Waals surface area contributed by atoms with Gasteiger partial charge in [0.25, 0.3) is 5.91 Å². The number of benzene rings is 3. The van der Waals surface area contributed by atoms with E-state index in [1.807, 2.05) is 6.92 Å². The zero-order valence-corrected chi connectivity index (χ0v) is 21.1. The Hall–Kier alpha value is -3.59. The quantitative estimate of drug-likeness (QED) is 0.324. The summed E-state index contributed by atoms with van der Waals surface area (Å²) < 4.78 is 59.5. The summed E-state index contributed by atoms with van der Waals surface area (Å²) in [6, 6.07) is 13.9. The van der Waals surface area contributed by atoms with E-state index >= 15 is 0 Å². The minimum atomic E-state index is -4.55. The Balaban J connectivity index is 1.54. The average Bonchev–Trinajstić information content (AvgIpc) is 3.18. The number of carboxylic acid groups (broad SMARTS) is 1. The first kappa shape index (κ1) is 27.4. The fraction of sp³-hybridized carbons (Fsp3) is 0.286. The molecule has 200 valence electrons. The van der Waals surface area contributed by atoms with Crippen LogP contribution < -0.4 is 4.74 Å². The third-order valence-electron chi connectivity index (χ3n) is 6.30. The molecular weight excluding hydrogens is 526 g/mol. The largest absolute Gasteiger partial charge is 0.487 e. The van der Waals surface area contributed by atoms with Crippen molar-refractivity contribution in [3.8, 4) is 5.75 Å². The van der Waals surface area contributed by atoms with Crippen LogP contribution in [-0.2, 0) is 30.4 Å². The highest BCUT2D eigenvalue weighted by Gasteiger charge is 2.36. The molecule has 3 aromatic carbocycles. The lowest BCUT2D eigenvalue weighted by Gasteiger charge is -2.24. The zero-order valence-electron chi connectivity index (χ0n) is 20.3. The number of amides is 1. The second-order valence-electron chi connectivity index (χ2n) is 9.55. The molecule has 0 fully saturated rings. The number of halogens is 5. The topological polar surface area (TPSA) is 66.8 Å². The van der Waals surface area contributed by atoms with Crippen LogP contribution in [0.1, 0.15) is 46.0 Å². The molecular formula is C28H24ClF4NO4. The first-order chi connectivity index (χ1) is 17.8. The summed E-state index contributed by atoms with van der Waals surface area (Å²) in [6.45, 7) is 1.50. The molecule has 0 spiro atoms. The molecule has 0 aliphatic carbocycles. The van der Waals surface area contributed by atoms with E-state index in [-0.39, 0.29) is 35.7 Å². The number of alkyl halides is 3. The first-order valence-corrected chi connectivity index (χ1v) is 12.1. The van der Waals surface area contributed by atoms with Crippen LogP contribution in [0.4, 0.5) is 17.6 Å². The third kappa shape index (κ3) is 6.45. The van der Waals surface area contributed by atoms with Gasteiger partial charge >= 0.3 is 12.1 Å². The lowest BCUT2D eigenvalue weighted by atomic mass is 9.91. The van der Waals surface area contributed by atoms with Gasteiger partial charge in [-0.2, -0.15) is 13.2 Å². The number of nitrogens with zero attached hydrogens (tertiary/aromatic N) is 1. The predicted octanol–water partition coefficient (Wildman–Crippen LogP) is 6.55. The maximum Gasteiger partial charge on any atom is 0.416 e. The van der Waals surface area contributed by atoms with Gasteiger partial charge < -0.3 is 14.7 Å². The third-order valence-corrected chi connectivity index (χ3v) is 6.61. The van der Waals surface area contributed by atoms with Crippen LogP contribution in [0.25, 0.3) is 0 Å². The Labute approximate surface area is 221 Å². The molecule has 0 saturated carbocycles. The van der Waals surface area contributed by atoms with Gasteiger partial charge in [-0.1, -0.05) is 29.8 Å². The SMILES string of the molecule is C[C@]1(Cc2ccc(Cl)c(F)c2)Cc2cc(C(=O)N(CCC(=O)O)Cc3cccc(C(F)(F)F)c3)ccc2O1. The van der Waals surface area contributed by atoms with E-state index in [9.17, 15) is 27.2 Å². The molecule has 0 aromatic heterocycles. The van der Waals surface area contributed by atoms with Crippen molar-refractivity contribution in [3.05, 3.63) is 99.3 Å². The number of rotatable bonds is 8. The Kier molecular flexibility index (Phi) is 7.69. The van der Waals surface area contributed by atoms with Gasteiger partial charge in [0.05, 0.1) is 17.0 Å². The monoisotopic (exact) mass is 549 g/mol. The summed E-state index contributed by atoms with van der Waals surface area (Å²) in [5.41, 5.74) is 0.364. The van der Waals surface area contributed by atoms with Crippen molar-refractivity contribution in [3.63, 3.8) is 0 Å². The summed E-state index contributed by atoms with van der Waals surface area (Å²) in [6.07, 6.45) is -4.10. The molecule has 1 heterocycles. The molecule has 1 aliphatic rings. The van der Waals surface area contributed by atoms with E-state index in [2.05, 4.69) is 0 Å². The standard InChI is InChI=1S/C28H24ClF4NO4/c1-27(14-17-5-7-22(29)23(30)12-17)15-20-13-19(6-8-24(20)38-27)26(37)34(10-9-25(35)36)16-18-3-2-4-21(11-18)28(31,32)33/h2-8,11-13H,9-10,14-16H2,1H3,(H,35,36)/t27-/m0/s1. The van der Waals surface area contributed by atoms with Gasteiger partial charge in [-0.05, 0) is 66.1 Å². The van der Waals surface area contributed by atoms with Crippen molar-refractivity contribution >= 4 is 23.5 Å². The molecule has 1 aliphatic heterocycles. The van der Waals surface area contributed by atoms with E-state index in [1.54, 1.807) is 18.2 Å². The summed E-state index contributed by atoms with van der Waals surface area (Å²) in [5, 5.41) is 9.16. The Morgan fingerprint density at radius 1 is 1.08 bits per heavy atom. The summed E-state index contributed by atoms with van der Waals surface area (Å²) >= 11 is 5.77. The van der Waals surface area contributed by atoms with Gasteiger partial charge in [-0.15, -0.1) is 0 Å². The van der Waals surface area contributed by atoms with Gasteiger partial charge in [0, 0.05) is 31.5 Å². The van der Waals surface area contributed by atoms with Crippen molar-refractivity contribution in [2.24, 2.45) is 0 Å². The zero-order chi connectivity index (χ0) is 27.7. The molecule has 1 atom stereocenters. The molecule has 5 nitrogen and oxygen atoms in total. The summed E-state index contributed by atoms with van der Waals surface area (Å²) in [4.78, 5) is 25.8. The molecule has 38 heavy (non-hydrogen) atoms. The van der Waals surface area contributed by atoms with Crippen LogP contribution in [-0.4, -0.2) is 34.0 Å². The Morgan fingerprint density at radius 3 is 2.53 bits per heavy atom. The molecule has 0 radical (unpaired) electrons. The number of fused-ring (bicyclic) bond motifs is 1. The Bertz CT molecular complexity index is 1380. The predicted molar refractivity (Wildman–Crippen MR) is 133 cm³/mol. The fourth-order valence-corrected chi connectivity index (χ4v) is 4.68. The number of carbonyl (C=O) groups excluding carboxylic acids is 1. The van der Waals surface area contributed by atoms with Crippen molar-refractivity contribution < 1.29 is 37.0 Å².